The van der Waals surface area contributed by atoms with Gasteiger partial charge in [-0.05, 0) is 50.8 Å². The highest BCUT2D eigenvalue weighted by atomic mass is 19.4. The molecule has 0 amide bonds. The molecule has 0 aromatic heterocycles. The molecule has 6 heteroatoms. The molecule has 1 saturated carbocycles. The van der Waals surface area contributed by atoms with Crippen molar-refractivity contribution in [3.63, 3.8) is 0 Å². The summed E-state index contributed by atoms with van der Waals surface area (Å²) in [5.41, 5.74) is 4.20. The van der Waals surface area contributed by atoms with Crippen LogP contribution in [0.4, 0.5) is 17.6 Å². The molecule has 1 aliphatic rings. The molecule has 1 aromatic rings. The zero-order chi connectivity index (χ0) is 15.9. The SMILES string of the molecule is CC(C)(N)CNC1(c2ccc(F)c(C(F)(F)F)c2)CCC1. The molecule has 0 atom stereocenters. The van der Waals surface area contributed by atoms with Crippen LogP contribution in [0.2, 0.25) is 0 Å². The Labute approximate surface area is 121 Å². The van der Waals surface area contributed by atoms with Crippen molar-refractivity contribution >= 4 is 0 Å². The third-order valence-corrected chi connectivity index (χ3v) is 3.91. The predicted octanol–water partition coefficient (Wildman–Crippen LogP) is 3.55. The highest BCUT2D eigenvalue weighted by molar-refractivity contribution is 5.34. The number of hydrogen-bond donors (Lipinski definition) is 2. The summed E-state index contributed by atoms with van der Waals surface area (Å²) in [7, 11) is 0. The van der Waals surface area contributed by atoms with Crippen LogP contribution in [0.5, 0.6) is 0 Å². The highest BCUT2D eigenvalue weighted by Crippen LogP contribution is 2.43. The van der Waals surface area contributed by atoms with Gasteiger partial charge in [-0.3, -0.25) is 0 Å². The minimum absolute atomic E-state index is 0.463. The van der Waals surface area contributed by atoms with E-state index in [0.29, 0.717) is 12.1 Å². The topological polar surface area (TPSA) is 38.0 Å². The van der Waals surface area contributed by atoms with Crippen molar-refractivity contribution in [2.45, 2.75) is 50.4 Å². The molecule has 1 aromatic carbocycles. The first-order valence-electron chi connectivity index (χ1n) is 6.95. The van der Waals surface area contributed by atoms with Gasteiger partial charge in [0.25, 0.3) is 0 Å². The van der Waals surface area contributed by atoms with E-state index in [-0.39, 0.29) is 0 Å². The van der Waals surface area contributed by atoms with Gasteiger partial charge in [-0.1, -0.05) is 6.07 Å². The number of nitrogens with two attached hydrogens (primary N) is 1. The average Bonchev–Trinajstić information content (AvgIpc) is 2.26. The molecule has 1 aliphatic carbocycles. The Bertz CT molecular complexity index is 513. The van der Waals surface area contributed by atoms with Gasteiger partial charge in [0.05, 0.1) is 5.56 Å². The van der Waals surface area contributed by atoms with E-state index in [1.807, 2.05) is 13.8 Å². The summed E-state index contributed by atoms with van der Waals surface area (Å²) >= 11 is 0. The van der Waals surface area contributed by atoms with Gasteiger partial charge < -0.3 is 11.1 Å². The summed E-state index contributed by atoms with van der Waals surface area (Å²) in [6, 6.07) is 3.25. The van der Waals surface area contributed by atoms with E-state index in [2.05, 4.69) is 5.32 Å². The molecule has 0 radical (unpaired) electrons. The van der Waals surface area contributed by atoms with Gasteiger partial charge in [-0.25, -0.2) is 4.39 Å². The molecule has 3 N–H and O–H groups in total. The molecule has 2 rings (SSSR count). The van der Waals surface area contributed by atoms with Crippen molar-refractivity contribution in [3.8, 4) is 0 Å². The number of rotatable bonds is 4. The highest BCUT2D eigenvalue weighted by Gasteiger charge is 2.41. The van der Waals surface area contributed by atoms with Crippen molar-refractivity contribution < 1.29 is 17.6 Å². The van der Waals surface area contributed by atoms with Crippen LogP contribution in [0, 0.1) is 5.82 Å². The van der Waals surface area contributed by atoms with E-state index in [1.54, 1.807) is 0 Å². The standard InChI is InChI=1S/C15H20F4N2/c1-13(2,20)9-21-14(6-3-7-14)10-4-5-12(16)11(8-10)15(17,18)19/h4-5,8,21H,3,6-7,9,20H2,1-2H3. The van der Waals surface area contributed by atoms with Gasteiger partial charge in [0.15, 0.2) is 0 Å². The molecule has 1 fully saturated rings. The first-order valence-corrected chi connectivity index (χ1v) is 6.95. The zero-order valence-electron chi connectivity index (χ0n) is 12.1. The third kappa shape index (κ3) is 3.55. The van der Waals surface area contributed by atoms with Gasteiger partial charge >= 0.3 is 6.18 Å². The fraction of sp³-hybridized carbons (Fsp3) is 0.600. The Kier molecular flexibility index (Phi) is 4.06. The van der Waals surface area contributed by atoms with Crippen LogP contribution in [0.1, 0.15) is 44.2 Å². The largest absolute Gasteiger partial charge is 0.419 e. The van der Waals surface area contributed by atoms with Crippen molar-refractivity contribution in [3.05, 3.63) is 35.1 Å². The van der Waals surface area contributed by atoms with E-state index in [1.165, 1.54) is 6.07 Å². The van der Waals surface area contributed by atoms with Crippen LogP contribution in [-0.4, -0.2) is 12.1 Å². The van der Waals surface area contributed by atoms with Crippen molar-refractivity contribution in [2.75, 3.05) is 6.54 Å². The molecule has 0 heterocycles. The van der Waals surface area contributed by atoms with Crippen LogP contribution < -0.4 is 11.1 Å². The Morgan fingerprint density at radius 1 is 1.24 bits per heavy atom. The maximum Gasteiger partial charge on any atom is 0.419 e. The van der Waals surface area contributed by atoms with Gasteiger partial charge in [-0.15, -0.1) is 0 Å². The minimum atomic E-state index is -4.68. The smallest absolute Gasteiger partial charge is 0.324 e. The van der Waals surface area contributed by atoms with E-state index in [9.17, 15) is 17.6 Å². The van der Waals surface area contributed by atoms with Crippen LogP contribution in [0.15, 0.2) is 18.2 Å². The fourth-order valence-electron chi connectivity index (χ4n) is 2.54. The summed E-state index contributed by atoms with van der Waals surface area (Å²) < 4.78 is 51.9. The van der Waals surface area contributed by atoms with Gasteiger partial charge in [-0.2, -0.15) is 13.2 Å². The molecular weight excluding hydrogens is 284 g/mol. The number of nitrogens with one attached hydrogen (secondary N) is 1. The lowest BCUT2D eigenvalue weighted by atomic mass is 9.71. The number of alkyl halides is 3. The quantitative estimate of drug-likeness (QED) is 0.835. The first kappa shape index (κ1) is 16.2. The zero-order valence-corrected chi connectivity index (χ0v) is 12.1. The van der Waals surface area contributed by atoms with Gasteiger partial charge in [0.2, 0.25) is 0 Å². The van der Waals surface area contributed by atoms with Crippen LogP contribution in [0.3, 0.4) is 0 Å². The summed E-state index contributed by atoms with van der Waals surface area (Å²) in [5, 5.41) is 3.27. The molecule has 21 heavy (non-hydrogen) atoms. The monoisotopic (exact) mass is 304 g/mol. The molecule has 0 spiro atoms. The third-order valence-electron chi connectivity index (χ3n) is 3.91. The Balaban J connectivity index is 2.31. The summed E-state index contributed by atoms with van der Waals surface area (Å²) in [5.74, 6) is -1.24. The second-order valence-corrected chi connectivity index (χ2v) is 6.47. The summed E-state index contributed by atoms with van der Waals surface area (Å²) in [6.45, 7) is 4.17. The second-order valence-electron chi connectivity index (χ2n) is 6.47. The normalized spacial score (nSPS) is 18.4. The Hall–Kier alpha value is -1.14. The molecule has 118 valence electrons. The molecule has 0 unspecified atom stereocenters. The lowest BCUT2D eigenvalue weighted by Crippen LogP contribution is -2.54. The fourth-order valence-corrected chi connectivity index (χ4v) is 2.54. The maximum atomic E-state index is 13.4. The summed E-state index contributed by atoms with van der Waals surface area (Å²) in [6.07, 6.45) is -2.30. The van der Waals surface area contributed by atoms with E-state index in [0.717, 1.165) is 31.4 Å². The summed E-state index contributed by atoms with van der Waals surface area (Å²) in [4.78, 5) is 0. The lowest BCUT2D eigenvalue weighted by Gasteiger charge is -2.45. The van der Waals surface area contributed by atoms with Crippen molar-refractivity contribution in [1.29, 1.82) is 0 Å². The van der Waals surface area contributed by atoms with E-state index in [4.69, 9.17) is 5.73 Å². The molecular formula is C15H20F4N2. The van der Waals surface area contributed by atoms with Crippen molar-refractivity contribution in [1.82, 2.24) is 5.32 Å². The van der Waals surface area contributed by atoms with E-state index < -0.39 is 28.6 Å². The first-order chi connectivity index (χ1) is 9.54. The lowest BCUT2D eigenvalue weighted by molar-refractivity contribution is -0.140. The molecule has 0 saturated heterocycles. The number of hydrogen-bond acceptors (Lipinski definition) is 2. The number of benzene rings is 1. The molecule has 2 nitrogen and oxygen atoms in total. The van der Waals surface area contributed by atoms with Crippen LogP contribution in [0.25, 0.3) is 0 Å². The van der Waals surface area contributed by atoms with E-state index >= 15 is 0 Å². The van der Waals surface area contributed by atoms with Gasteiger partial charge in [0, 0.05) is 17.6 Å². The predicted molar refractivity (Wildman–Crippen MR) is 73.2 cm³/mol. The Morgan fingerprint density at radius 2 is 1.86 bits per heavy atom. The van der Waals surface area contributed by atoms with Crippen LogP contribution in [-0.2, 0) is 11.7 Å². The number of halogens is 4. The minimum Gasteiger partial charge on any atom is -0.324 e. The molecule has 0 aliphatic heterocycles. The average molecular weight is 304 g/mol. The van der Waals surface area contributed by atoms with Gasteiger partial charge in [0.1, 0.15) is 5.82 Å². The second kappa shape index (κ2) is 5.25. The maximum absolute atomic E-state index is 13.4. The van der Waals surface area contributed by atoms with Crippen molar-refractivity contribution in [2.24, 2.45) is 5.73 Å². The molecule has 0 bridgehead atoms. The van der Waals surface area contributed by atoms with Crippen LogP contribution >= 0.6 is 0 Å². The Morgan fingerprint density at radius 3 is 2.29 bits per heavy atom.